The number of anilines is 1. The fourth-order valence-corrected chi connectivity index (χ4v) is 4.04. The number of nitrogens with one attached hydrogen (secondary N) is 1. The van der Waals surface area contributed by atoms with Gasteiger partial charge in [-0.2, -0.15) is 13.5 Å². The van der Waals surface area contributed by atoms with Gasteiger partial charge in [0.1, 0.15) is 17.8 Å². The maximum atomic E-state index is 13.1. The van der Waals surface area contributed by atoms with Crippen molar-refractivity contribution in [2.45, 2.75) is 25.0 Å². The van der Waals surface area contributed by atoms with Gasteiger partial charge < -0.3 is 10.4 Å². The molecule has 1 aliphatic rings. The summed E-state index contributed by atoms with van der Waals surface area (Å²) in [7, 11) is -4.08. The van der Waals surface area contributed by atoms with E-state index in [1.54, 1.807) is 16.9 Å². The Bertz CT molecular complexity index is 1200. The number of carbonyl (C=O) groups is 1. The van der Waals surface area contributed by atoms with E-state index in [2.05, 4.69) is 24.6 Å². The molecule has 4 rings (SSSR count). The summed E-state index contributed by atoms with van der Waals surface area (Å²) >= 11 is 0. The van der Waals surface area contributed by atoms with Crippen LogP contribution in [0.25, 0.3) is 5.69 Å². The Labute approximate surface area is 184 Å². The number of carbonyl (C=O) groups excluding carboxylic acids is 1. The van der Waals surface area contributed by atoms with Gasteiger partial charge >= 0.3 is 10.3 Å². The van der Waals surface area contributed by atoms with Crippen LogP contribution >= 0.6 is 0 Å². The lowest BCUT2D eigenvalue weighted by atomic mass is 10.1. The highest BCUT2D eigenvalue weighted by Gasteiger charge is 2.36. The average molecular weight is 459 g/mol. The maximum absolute atomic E-state index is 13.1. The highest BCUT2D eigenvalue weighted by molar-refractivity contribution is 7.84. The first-order valence-electron chi connectivity index (χ1n) is 9.89. The first kappa shape index (κ1) is 22.0. The number of benzene rings is 1. The van der Waals surface area contributed by atoms with E-state index < -0.39 is 28.4 Å². The van der Waals surface area contributed by atoms with Crippen LogP contribution in [0.2, 0.25) is 0 Å². The number of hydrogen-bond acceptors (Lipinski definition) is 9. The number of ketones is 1. The minimum atomic E-state index is -4.08. The van der Waals surface area contributed by atoms with Crippen LogP contribution in [0.3, 0.4) is 0 Å². The average Bonchev–Trinajstić information content (AvgIpc) is 3.40. The Balaban J connectivity index is 1.49. The van der Waals surface area contributed by atoms with E-state index in [-0.39, 0.29) is 29.5 Å². The molecule has 1 unspecified atom stereocenters. The second kappa shape index (κ2) is 9.12. The van der Waals surface area contributed by atoms with Gasteiger partial charge in [-0.3, -0.25) is 8.98 Å². The Morgan fingerprint density at radius 3 is 2.78 bits per heavy atom. The molecule has 4 N–H and O–H groups in total. The molecule has 1 saturated carbocycles. The van der Waals surface area contributed by atoms with E-state index in [0.717, 1.165) is 5.69 Å². The van der Waals surface area contributed by atoms with Crippen LogP contribution in [0.4, 0.5) is 5.82 Å². The van der Waals surface area contributed by atoms with Crippen molar-refractivity contribution >= 4 is 21.9 Å². The molecule has 0 spiro atoms. The van der Waals surface area contributed by atoms with Gasteiger partial charge in [0.15, 0.2) is 0 Å². The summed E-state index contributed by atoms with van der Waals surface area (Å²) in [6, 6.07) is 10.5. The van der Waals surface area contributed by atoms with Crippen LogP contribution < -0.4 is 10.5 Å². The smallest absolute Gasteiger partial charge is 0.333 e. The van der Waals surface area contributed by atoms with E-state index in [0.29, 0.717) is 12.8 Å². The van der Waals surface area contributed by atoms with E-state index in [9.17, 15) is 18.3 Å². The van der Waals surface area contributed by atoms with Gasteiger partial charge in [0.25, 0.3) is 0 Å². The third-order valence-electron chi connectivity index (χ3n) is 5.31. The van der Waals surface area contributed by atoms with Crippen LogP contribution in [0.5, 0.6) is 0 Å². The van der Waals surface area contributed by atoms with Crippen LogP contribution in [0, 0.1) is 5.92 Å². The zero-order chi connectivity index (χ0) is 22.7. The number of aliphatic hydroxyl groups is 1. The highest BCUT2D eigenvalue weighted by atomic mass is 32.2. The number of rotatable bonds is 8. The Morgan fingerprint density at radius 2 is 2.03 bits per heavy atom. The van der Waals surface area contributed by atoms with Gasteiger partial charge in [-0.05, 0) is 31.0 Å². The first-order valence-corrected chi connectivity index (χ1v) is 11.4. The molecule has 3 atom stereocenters. The number of aromatic nitrogens is 4. The molecule has 0 amide bonds. The van der Waals surface area contributed by atoms with Crippen LogP contribution in [-0.4, -0.2) is 57.8 Å². The van der Waals surface area contributed by atoms with Gasteiger partial charge in [0.2, 0.25) is 5.78 Å². The SMILES string of the molecule is NS(=O)(=O)OC[C@H]1CCC(Nc2ncncc2C(=O)c2ccn(-c3ccccc3)n2)[C@@H]1O. The van der Waals surface area contributed by atoms with Crippen molar-refractivity contribution in [2.24, 2.45) is 11.1 Å². The predicted octanol–water partition coefficient (Wildman–Crippen LogP) is 0.665. The van der Waals surface area contributed by atoms with Gasteiger partial charge in [-0.25, -0.2) is 19.8 Å². The van der Waals surface area contributed by atoms with E-state index >= 15 is 0 Å². The van der Waals surface area contributed by atoms with E-state index in [1.807, 2.05) is 30.3 Å². The number of hydrogen-bond donors (Lipinski definition) is 3. The third-order valence-corrected chi connectivity index (χ3v) is 5.78. The molecule has 0 radical (unpaired) electrons. The normalized spacial score (nSPS) is 20.9. The summed E-state index contributed by atoms with van der Waals surface area (Å²) in [5, 5.41) is 22.9. The molecule has 11 nitrogen and oxygen atoms in total. The molecule has 1 fully saturated rings. The second-order valence-corrected chi connectivity index (χ2v) is 8.67. The zero-order valence-electron chi connectivity index (χ0n) is 16.9. The molecule has 3 aromatic rings. The predicted molar refractivity (Wildman–Crippen MR) is 114 cm³/mol. The number of aliphatic hydroxyl groups excluding tert-OH is 1. The van der Waals surface area contributed by atoms with Crippen LogP contribution in [0.15, 0.2) is 55.1 Å². The van der Waals surface area contributed by atoms with E-state index in [1.165, 1.54) is 12.5 Å². The van der Waals surface area contributed by atoms with Crippen molar-refractivity contribution < 1.29 is 22.5 Å². The van der Waals surface area contributed by atoms with Crippen molar-refractivity contribution in [2.75, 3.05) is 11.9 Å². The van der Waals surface area contributed by atoms with Crippen LogP contribution in [0.1, 0.15) is 28.9 Å². The van der Waals surface area contributed by atoms with Crippen molar-refractivity contribution in [1.29, 1.82) is 0 Å². The van der Waals surface area contributed by atoms with Crippen molar-refractivity contribution in [3.05, 3.63) is 66.4 Å². The summed E-state index contributed by atoms with van der Waals surface area (Å²) in [4.78, 5) is 21.2. The molecule has 0 bridgehead atoms. The van der Waals surface area contributed by atoms with Gasteiger partial charge in [-0.15, -0.1) is 0 Å². The van der Waals surface area contributed by atoms with Gasteiger partial charge in [0, 0.05) is 18.3 Å². The largest absolute Gasteiger partial charge is 0.391 e. The van der Waals surface area contributed by atoms with Crippen LogP contribution in [-0.2, 0) is 14.5 Å². The lowest BCUT2D eigenvalue weighted by Gasteiger charge is -2.21. The fourth-order valence-electron chi connectivity index (χ4n) is 3.68. The molecule has 2 heterocycles. The minimum Gasteiger partial charge on any atom is -0.391 e. The van der Waals surface area contributed by atoms with Crippen molar-refractivity contribution in [1.82, 2.24) is 19.7 Å². The monoisotopic (exact) mass is 458 g/mol. The van der Waals surface area contributed by atoms with Gasteiger partial charge in [0.05, 0.1) is 30.0 Å². The van der Waals surface area contributed by atoms with Crippen molar-refractivity contribution in [3.63, 3.8) is 0 Å². The Morgan fingerprint density at radius 1 is 1.25 bits per heavy atom. The quantitative estimate of drug-likeness (QED) is 0.412. The lowest BCUT2D eigenvalue weighted by molar-refractivity contribution is 0.0936. The summed E-state index contributed by atoms with van der Waals surface area (Å²) in [5.74, 6) is -0.533. The molecule has 1 aliphatic carbocycles. The summed E-state index contributed by atoms with van der Waals surface area (Å²) < 4.78 is 28.2. The molecular formula is C20H22N6O5S. The molecule has 2 aromatic heterocycles. The summed E-state index contributed by atoms with van der Waals surface area (Å²) in [6.07, 6.45) is 4.51. The molecule has 168 valence electrons. The number of nitrogens with zero attached hydrogens (tertiary/aromatic N) is 4. The molecular weight excluding hydrogens is 436 g/mol. The topological polar surface area (TPSA) is 162 Å². The zero-order valence-corrected chi connectivity index (χ0v) is 17.7. The lowest BCUT2D eigenvalue weighted by Crippen LogP contribution is -2.35. The Kier molecular flexibility index (Phi) is 6.28. The van der Waals surface area contributed by atoms with Gasteiger partial charge in [-0.1, -0.05) is 18.2 Å². The standard InChI is InChI=1S/C20H22N6O5S/c21-32(29,30)31-11-13-6-7-16(18(13)27)24-20-15(10-22-12-23-20)19(28)17-8-9-26(25-17)14-4-2-1-3-5-14/h1-5,8-10,12-13,16,18,27H,6-7,11H2,(H2,21,29,30)(H,22,23,24)/t13-,16?,18-/m1/s1. The summed E-state index contributed by atoms with van der Waals surface area (Å²) in [5.41, 5.74) is 1.25. The summed E-state index contributed by atoms with van der Waals surface area (Å²) in [6.45, 7) is -0.218. The number of nitrogens with two attached hydrogens (primary N) is 1. The first-order chi connectivity index (χ1) is 15.3. The Hall–Kier alpha value is -3.19. The minimum absolute atomic E-state index is 0.210. The highest BCUT2D eigenvalue weighted by Crippen LogP contribution is 2.30. The van der Waals surface area contributed by atoms with Crippen molar-refractivity contribution in [3.8, 4) is 5.69 Å². The second-order valence-electron chi connectivity index (χ2n) is 7.45. The molecule has 0 aliphatic heterocycles. The maximum Gasteiger partial charge on any atom is 0.333 e. The van der Waals surface area contributed by atoms with E-state index in [4.69, 9.17) is 5.14 Å². The number of para-hydroxylation sites is 1. The molecule has 1 aromatic carbocycles. The third kappa shape index (κ3) is 4.99. The molecule has 0 saturated heterocycles. The fraction of sp³-hybridized carbons (Fsp3) is 0.300. The molecule has 32 heavy (non-hydrogen) atoms. The molecule has 12 heteroatoms.